The third-order valence-corrected chi connectivity index (χ3v) is 3.72. The largest absolute Gasteiger partial charge is 0.496 e. The van der Waals surface area contributed by atoms with Gasteiger partial charge >= 0.3 is 0 Å². The maximum atomic E-state index is 6.43. The number of methoxy groups -OCH3 is 1. The van der Waals surface area contributed by atoms with Crippen LogP contribution in [0.3, 0.4) is 0 Å². The number of benzene rings is 1. The lowest BCUT2D eigenvalue weighted by Crippen LogP contribution is -2.35. The highest BCUT2D eigenvalue weighted by Crippen LogP contribution is 2.31. The summed E-state index contributed by atoms with van der Waals surface area (Å²) in [6, 6.07) is 12.1. The second kappa shape index (κ2) is 4.90. The number of ether oxygens (including phenoxy) is 1. The number of para-hydroxylation sites is 1. The second-order valence-electron chi connectivity index (χ2n) is 4.37. The van der Waals surface area contributed by atoms with E-state index in [0.717, 1.165) is 17.7 Å². The van der Waals surface area contributed by atoms with E-state index in [2.05, 4.69) is 17.5 Å². The van der Waals surface area contributed by atoms with E-state index in [1.807, 2.05) is 31.2 Å². The summed E-state index contributed by atoms with van der Waals surface area (Å²) in [6.07, 6.45) is 0.824. The normalized spacial score (nSPS) is 14.3. The van der Waals surface area contributed by atoms with Crippen LogP contribution in [0.15, 0.2) is 41.8 Å². The lowest BCUT2D eigenvalue weighted by molar-refractivity contribution is 0.387. The van der Waals surface area contributed by atoms with Crippen molar-refractivity contribution in [1.82, 2.24) is 0 Å². The first-order valence-electron chi connectivity index (χ1n) is 5.58. The van der Waals surface area contributed by atoms with E-state index in [-0.39, 0.29) is 0 Å². The van der Waals surface area contributed by atoms with Gasteiger partial charge in [-0.3, -0.25) is 0 Å². The molecule has 2 N–H and O–H groups in total. The fraction of sp³-hybridized carbons (Fsp3) is 0.286. The monoisotopic (exact) mass is 247 g/mol. The molecule has 0 amide bonds. The summed E-state index contributed by atoms with van der Waals surface area (Å²) in [5.74, 6) is 0.856. The van der Waals surface area contributed by atoms with Gasteiger partial charge in [0, 0.05) is 22.4 Å². The van der Waals surface area contributed by atoms with Gasteiger partial charge < -0.3 is 10.5 Å². The minimum absolute atomic E-state index is 0.405. The van der Waals surface area contributed by atoms with E-state index in [0.29, 0.717) is 0 Å². The third kappa shape index (κ3) is 2.68. The summed E-state index contributed by atoms with van der Waals surface area (Å²) < 4.78 is 5.37. The Morgan fingerprint density at radius 1 is 1.24 bits per heavy atom. The molecule has 3 heteroatoms. The zero-order valence-electron chi connectivity index (χ0n) is 10.1. The molecular formula is C14H17NOS. The second-order valence-corrected chi connectivity index (χ2v) is 5.41. The minimum atomic E-state index is -0.405. The average Bonchev–Trinajstić information content (AvgIpc) is 2.81. The van der Waals surface area contributed by atoms with Gasteiger partial charge in [-0.15, -0.1) is 11.3 Å². The van der Waals surface area contributed by atoms with Crippen LogP contribution in [0.25, 0.3) is 0 Å². The van der Waals surface area contributed by atoms with Gasteiger partial charge in [0.05, 0.1) is 7.11 Å². The summed E-state index contributed by atoms with van der Waals surface area (Å²) in [7, 11) is 1.68. The van der Waals surface area contributed by atoms with Crippen LogP contribution in [0.4, 0.5) is 0 Å². The minimum Gasteiger partial charge on any atom is -0.496 e. The molecule has 1 unspecified atom stereocenters. The lowest BCUT2D eigenvalue weighted by Gasteiger charge is -2.26. The SMILES string of the molecule is COc1ccccc1C(C)(N)Cc1cccs1. The summed E-state index contributed by atoms with van der Waals surface area (Å²) in [5.41, 5.74) is 7.08. The molecule has 0 aliphatic carbocycles. The van der Waals surface area contributed by atoms with E-state index < -0.39 is 5.54 Å². The van der Waals surface area contributed by atoms with Gasteiger partial charge in [-0.1, -0.05) is 24.3 Å². The number of rotatable bonds is 4. The Labute approximate surface area is 106 Å². The van der Waals surface area contributed by atoms with E-state index in [9.17, 15) is 0 Å². The molecule has 0 radical (unpaired) electrons. The molecule has 2 aromatic rings. The van der Waals surface area contributed by atoms with Crippen LogP contribution in [-0.4, -0.2) is 7.11 Å². The van der Waals surface area contributed by atoms with Gasteiger partial charge in [0.25, 0.3) is 0 Å². The van der Waals surface area contributed by atoms with E-state index in [4.69, 9.17) is 10.5 Å². The molecular weight excluding hydrogens is 230 g/mol. The molecule has 2 rings (SSSR count). The molecule has 0 aliphatic rings. The molecule has 0 fully saturated rings. The molecule has 0 saturated carbocycles. The van der Waals surface area contributed by atoms with Gasteiger partial charge in [-0.05, 0) is 24.4 Å². The van der Waals surface area contributed by atoms with Gasteiger partial charge in [-0.2, -0.15) is 0 Å². The molecule has 0 bridgehead atoms. The van der Waals surface area contributed by atoms with Gasteiger partial charge in [-0.25, -0.2) is 0 Å². The molecule has 0 spiro atoms. The van der Waals surface area contributed by atoms with Crippen LogP contribution >= 0.6 is 11.3 Å². The zero-order chi connectivity index (χ0) is 12.3. The highest BCUT2D eigenvalue weighted by atomic mass is 32.1. The van der Waals surface area contributed by atoms with Crippen molar-refractivity contribution in [1.29, 1.82) is 0 Å². The molecule has 17 heavy (non-hydrogen) atoms. The fourth-order valence-electron chi connectivity index (χ4n) is 1.99. The Morgan fingerprint density at radius 3 is 2.65 bits per heavy atom. The van der Waals surface area contributed by atoms with Gasteiger partial charge in [0.1, 0.15) is 5.75 Å². The van der Waals surface area contributed by atoms with E-state index >= 15 is 0 Å². The van der Waals surface area contributed by atoms with Crippen molar-refractivity contribution in [2.45, 2.75) is 18.9 Å². The van der Waals surface area contributed by atoms with Crippen molar-refractivity contribution in [3.8, 4) is 5.75 Å². The first kappa shape index (κ1) is 12.1. The quantitative estimate of drug-likeness (QED) is 0.900. The van der Waals surface area contributed by atoms with Crippen molar-refractivity contribution in [3.63, 3.8) is 0 Å². The molecule has 90 valence electrons. The highest BCUT2D eigenvalue weighted by Gasteiger charge is 2.25. The predicted molar refractivity (Wildman–Crippen MR) is 72.6 cm³/mol. The van der Waals surface area contributed by atoms with E-state index in [1.54, 1.807) is 18.4 Å². The Hall–Kier alpha value is -1.32. The van der Waals surface area contributed by atoms with Crippen LogP contribution in [0, 0.1) is 0 Å². The Bertz CT molecular complexity index is 477. The van der Waals surface area contributed by atoms with Crippen molar-refractivity contribution in [2.24, 2.45) is 5.73 Å². The van der Waals surface area contributed by atoms with Crippen LogP contribution < -0.4 is 10.5 Å². The van der Waals surface area contributed by atoms with Crippen molar-refractivity contribution < 1.29 is 4.74 Å². The molecule has 0 saturated heterocycles. The number of hydrogen-bond acceptors (Lipinski definition) is 3. The third-order valence-electron chi connectivity index (χ3n) is 2.84. The Kier molecular flexibility index (Phi) is 3.50. The first-order valence-corrected chi connectivity index (χ1v) is 6.46. The van der Waals surface area contributed by atoms with Gasteiger partial charge in [0.15, 0.2) is 0 Å². The highest BCUT2D eigenvalue weighted by molar-refractivity contribution is 7.09. The van der Waals surface area contributed by atoms with Crippen molar-refractivity contribution >= 4 is 11.3 Å². The van der Waals surface area contributed by atoms with Crippen LogP contribution in [0.1, 0.15) is 17.4 Å². The summed E-state index contributed by atoms with van der Waals surface area (Å²) in [4.78, 5) is 1.29. The van der Waals surface area contributed by atoms with Crippen LogP contribution in [0.5, 0.6) is 5.75 Å². The van der Waals surface area contributed by atoms with Crippen LogP contribution in [-0.2, 0) is 12.0 Å². The zero-order valence-corrected chi connectivity index (χ0v) is 11.0. The molecule has 0 aliphatic heterocycles. The summed E-state index contributed by atoms with van der Waals surface area (Å²) in [5, 5.41) is 2.08. The molecule has 1 aromatic heterocycles. The van der Waals surface area contributed by atoms with Gasteiger partial charge in [0.2, 0.25) is 0 Å². The van der Waals surface area contributed by atoms with Crippen molar-refractivity contribution in [2.75, 3.05) is 7.11 Å². The predicted octanol–water partition coefficient (Wildman–Crippen LogP) is 3.17. The summed E-state index contributed by atoms with van der Waals surface area (Å²) in [6.45, 7) is 2.05. The lowest BCUT2D eigenvalue weighted by atomic mass is 9.88. The van der Waals surface area contributed by atoms with E-state index in [1.165, 1.54) is 4.88 Å². The smallest absolute Gasteiger partial charge is 0.123 e. The first-order chi connectivity index (χ1) is 8.13. The number of thiophene rings is 1. The molecule has 1 atom stereocenters. The molecule has 2 nitrogen and oxygen atoms in total. The topological polar surface area (TPSA) is 35.2 Å². The maximum absolute atomic E-state index is 6.43. The molecule has 1 aromatic carbocycles. The standard InChI is InChI=1S/C14H17NOS/c1-14(15,10-11-6-5-9-17-11)12-7-3-4-8-13(12)16-2/h3-9H,10,15H2,1-2H3. The maximum Gasteiger partial charge on any atom is 0.123 e. The Morgan fingerprint density at radius 2 is 2.00 bits per heavy atom. The molecule has 1 heterocycles. The summed E-state index contributed by atoms with van der Waals surface area (Å²) >= 11 is 1.74. The fourth-order valence-corrected chi connectivity index (χ4v) is 2.86. The number of nitrogens with two attached hydrogens (primary N) is 1. The Balaban J connectivity index is 2.30. The average molecular weight is 247 g/mol. The number of hydrogen-bond donors (Lipinski definition) is 1. The van der Waals surface area contributed by atoms with Crippen LogP contribution in [0.2, 0.25) is 0 Å². The van der Waals surface area contributed by atoms with Crippen molar-refractivity contribution in [3.05, 3.63) is 52.2 Å².